The molecule has 0 aromatic heterocycles. The summed E-state index contributed by atoms with van der Waals surface area (Å²) >= 11 is 6.22. The maximum absolute atomic E-state index is 6.22. The van der Waals surface area contributed by atoms with Crippen molar-refractivity contribution < 1.29 is 4.74 Å². The number of hydrogen-bond donors (Lipinski definition) is 1. The molecule has 0 aliphatic heterocycles. The lowest BCUT2D eigenvalue weighted by molar-refractivity contribution is 0.414. The quantitative estimate of drug-likeness (QED) is 0.832. The summed E-state index contributed by atoms with van der Waals surface area (Å²) in [6.45, 7) is 5.20. The summed E-state index contributed by atoms with van der Waals surface area (Å²) in [7, 11) is 1.68. The van der Waals surface area contributed by atoms with Gasteiger partial charge in [0.1, 0.15) is 5.75 Å². The van der Waals surface area contributed by atoms with Gasteiger partial charge in [-0.05, 0) is 60.8 Å². The number of methoxy groups -OCH3 is 1. The summed E-state index contributed by atoms with van der Waals surface area (Å²) < 4.78 is 5.23. The number of halogens is 1. The molecular weight excluding hydrogens is 282 g/mol. The van der Waals surface area contributed by atoms with Crippen molar-refractivity contribution in [2.24, 2.45) is 0 Å². The molecule has 0 heterocycles. The molecule has 21 heavy (non-hydrogen) atoms. The van der Waals surface area contributed by atoms with E-state index in [1.807, 2.05) is 24.3 Å². The van der Waals surface area contributed by atoms with Crippen molar-refractivity contribution >= 4 is 11.6 Å². The SMILES string of the molecule is CCCNC(c1ccc(OC)cc1)c1cc(C)cc(Cl)c1. The predicted molar refractivity (Wildman–Crippen MR) is 89.3 cm³/mol. The van der Waals surface area contributed by atoms with E-state index in [-0.39, 0.29) is 6.04 Å². The summed E-state index contributed by atoms with van der Waals surface area (Å²) in [6.07, 6.45) is 1.09. The van der Waals surface area contributed by atoms with Crippen molar-refractivity contribution in [3.8, 4) is 5.75 Å². The van der Waals surface area contributed by atoms with E-state index in [4.69, 9.17) is 16.3 Å². The Morgan fingerprint density at radius 1 is 1.10 bits per heavy atom. The van der Waals surface area contributed by atoms with E-state index in [0.717, 1.165) is 23.7 Å². The Bertz CT molecular complexity index is 560. The molecule has 3 heteroatoms. The number of ether oxygens (including phenoxy) is 1. The molecule has 0 aliphatic carbocycles. The van der Waals surface area contributed by atoms with Gasteiger partial charge < -0.3 is 10.1 Å². The van der Waals surface area contributed by atoms with Gasteiger partial charge in [0.2, 0.25) is 0 Å². The van der Waals surface area contributed by atoms with E-state index in [1.165, 1.54) is 16.7 Å². The van der Waals surface area contributed by atoms with Crippen LogP contribution in [0.25, 0.3) is 0 Å². The Kier molecular flexibility index (Phi) is 5.66. The topological polar surface area (TPSA) is 21.3 Å². The van der Waals surface area contributed by atoms with Gasteiger partial charge in [0.25, 0.3) is 0 Å². The van der Waals surface area contributed by atoms with Gasteiger partial charge in [-0.15, -0.1) is 0 Å². The van der Waals surface area contributed by atoms with Crippen LogP contribution in [0.3, 0.4) is 0 Å². The second-order valence-corrected chi connectivity index (χ2v) is 5.66. The maximum atomic E-state index is 6.22. The van der Waals surface area contributed by atoms with Crippen LogP contribution in [0.15, 0.2) is 42.5 Å². The molecule has 0 radical (unpaired) electrons. The standard InChI is InChI=1S/C18H22ClNO/c1-4-9-20-18(14-5-7-17(21-3)8-6-14)15-10-13(2)11-16(19)12-15/h5-8,10-12,18,20H,4,9H2,1-3H3. The van der Waals surface area contributed by atoms with Gasteiger partial charge in [-0.2, -0.15) is 0 Å². The van der Waals surface area contributed by atoms with Gasteiger partial charge >= 0.3 is 0 Å². The van der Waals surface area contributed by atoms with Gasteiger partial charge in [0.15, 0.2) is 0 Å². The lowest BCUT2D eigenvalue weighted by atomic mass is 9.97. The third-order valence-electron chi connectivity index (χ3n) is 3.45. The second-order valence-electron chi connectivity index (χ2n) is 5.22. The van der Waals surface area contributed by atoms with Gasteiger partial charge in [0, 0.05) is 5.02 Å². The largest absolute Gasteiger partial charge is 0.497 e. The zero-order valence-corrected chi connectivity index (χ0v) is 13.6. The fraction of sp³-hybridized carbons (Fsp3) is 0.333. The van der Waals surface area contributed by atoms with E-state index in [2.05, 4.69) is 37.4 Å². The van der Waals surface area contributed by atoms with Crippen molar-refractivity contribution in [2.75, 3.05) is 13.7 Å². The van der Waals surface area contributed by atoms with Gasteiger partial charge in [-0.3, -0.25) is 0 Å². The Morgan fingerprint density at radius 3 is 2.38 bits per heavy atom. The smallest absolute Gasteiger partial charge is 0.118 e. The molecule has 112 valence electrons. The lowest BCUT2D eigenvalue weighted by Crippen LogP contribution is -2.23. The van der Waals surface area contributed by atoms with Crippen LogP contribution in [0, 0.1) is 6.92 Å². The van der Waals surface area contributed by atoms with Crippen molar-refractivity contribution in [1.82, 2.24) is 5.32 Å². The van der Waals surface area contributed by atoms with Crippen molar-refractivity contribution in [3.63, 3.8) is 0 Å². The highest BCUT2D eigenvalue weighted by atomic mass is 35.5. The molecular formula is C18H22ClNO. The fourth-order valence-electron chi connectivity index (χ4n) is 2.44. The van der Waals surface area contributed by atoms with E-state index in [1.54, 1.807) is 7.11 Å². The van der Waals surface area contributed by atoms with Crippen LogP contribution < -0.4 is 10.1 Å². The molecule has 0 fully saturated rings. The highest BCUT2D eigenvalue weighted by molar-refractivity contribution is 6.30. The van der Waals surface area contributed by atoms with Crippen LogP contribution in [-0.4, -0.2) is 13.7 Å². The first-order chi connectivity index (χ1) is 10.1. The Labute approximate surface area is 132 Å². The Hall–Kier alpha value is -1.51. The number of benzene rings is 2. The Balaban J connectivity index is 2.36. The van der Waals surface area contributed by atoms with Crippen LogP contribution in [0.5, 0.6) is 5.75 Å². The average Bonchev–Trinajstić information content (AvgIpc) is 2.47. The summed E-state index contributed by atoms with van der Waals surface area (Å²) in [5, 5.41) is 4.37. The molecule has 0 aliphatic rings. The van der Waals surface area contributed by atoms with Gasteiger partial charge in [0.05, 0.1) is 13.2 Å². The zero-order valence-electron chi connectivity index (χ0n) is 12.8. The first-order valence-electron chi connectivity index (χ1n) is 7.28. The summed E-state index contributed by atoms with van der Waals surface area (Å²) in [6, 6.07) is 14.5. The highest BCUT2D eigenvalue weighted by Gasteiger charge is 2.14. The fourth-order valence-corrected chi connectivity index (χ4v) is 2.74. The molecule has 0 amide bonds. The minimum Gasteiger partial charge on any atom is -0.497 e. The number of rotatable bonds is 6. The molecule has 2 aromatic rings. The van der Waals surface area contributed by atoms with Crippen LogP contribution in [-0.2, 0) is 0 Å². The normalized spacial score (nSPS) is 12.2. The van der Waals surface area contributed by atoms with Crippen LogP contribution in [0.1, 0.15) is 36.1 Å². The van der Waals surface area contributed by atoms with E-state index in [9.17, 15) is 0 Å². The molecule has 0 saturated heterocycles. The maximum Gasteiger partial charge on any atom is 0.118 e. The minimum absolute atomic E-state index is 0.147. The summed E-state index contributed by atoms with van der Waals surface area (Å²) in [5.74, 6) is 0.871. The van der Waals surface area contributed by atoms with Crippen molar-refractivity contribution in [2.45, 2.75) is 26.3 Å². The van der Waals surface area contributed by atoms with Crippen LogP contribution in [0.2, 0.25) is 5.02 Å². The molecule has 0 bridgehead atoms. The van der Waals surface area contributed by atoms with Crippen molar-refractivity contribution in [3.05, 3.63) is 64.2 Å². The molecule has 2 rings (SSSR count). The number of nitrogens with one attached hydrogen (secondary N) is 1. The van der Waals surface area contributed by atoms with Crippen molar-refractivity contribution in [1.29, 1.82) is 0 Å². The molecule has 0 spiro atoms. The first kappa shape index (κ1) is 15.9. The molecule has 0 saturated carbocycles. The molecule has 2 nitrogen and oxygen atoms in total. The highest BCUT2D eigenvalue weighted by Crippen LogP contribution is 2.27. The second kappa shape index (κ2) is 7.48. The summed E-state index contributed by atoms with van der Waals surface area (Å²) in [5.41, 5.74) is 3.58. The summed E-state index contributed by atoms with van der Waals surface area (Å²) in [4.78, 5) is 0. The van der Waals surface area contributed by atoms with E-state index >= 15 is 0 Å². The average molecular weight is 304 g/mol. The van der Waals surface area contributed by atoms with Gasteiger partial charge in [-0.1, -0.05) is 36.7 Å². The van der Waals surface area contributed by atoms with Gasteiger partial charge in [-0.25, -0.2) is 0 Å². The third-order valence-corrected chi connectivity index (χ3v) is 3.66. The number of hydrogen-bond acceptors (Lipinski definition) is 2. The molecule has 1 unspecified atom stereocenters. The predicted octanol–water partition coefficient (Wildman–Crippen LogP) is 4.75. The van der Waals surface area contributed by atoms with Crippen LogP contribution >= 0.6 is 11.6 Å². The molecule has 2 aromatic carbocycles. The lowest BCUT2D eigenvalue weighted by Gasteiger charge is -2.20. The minimum atomic E-state index is 0.147. The van der Waals surface area contributed by atoms with E-state index < -0.39 is 0 Å². The Morgan fingerprint density at radius 2 is 1.81 bits per heavy atom. The zero-order chi connectivity index (χ0) is 15.2. The number of aryl methyl sites for hydroxylation is 1. The molecule has 1 N–H and O–H groups in total. The monoisotopic (exact) mass is 303 g/mol. The molecule has 1 atom stereocenters. The third kappa shape index (κ3) is 4.23. The van der Waals surface area contributed by atoms with E-state index in [0.29, 0.717) is 0 Å². The first-order valence-corrected chi connectivity index (χ1v) is 7.66. The van der Waals surface area contributed by atoms with Crippen LogP contribution in [0.4, 0.5) is 0 Å².